The van der Waals surface area contributed by atoms with Gasteiger partial charge in [-0.3, -0.25) is 23.7 Å². The number of carbonyl (C=O) groups excluding carboxylic acids is 3. The van der Waals surface area contributed by atoms with E-state index in [1.54, 1.807) is 16.5 Å². The molecule has 0 saturated carbocycles. The highest BCUT2D eigenvalue weighted by Crippen LogP contribution is 2.24. The van der Waals surface area contributed by atoms with Gasteiger partial charge in [-0.1, -0.05) is 13.3 Å². The van der Waals surface area contributed by atoms with Gasteiger partial charge in [0.05, 0.1) is 17.7 Å². The Morgan fingerprint density at radius 1 is 1.07 bits per heavy atom. The van der Waals surface area contributed by atoms with E-state index in [4.69, 9.17) is 0 Å². The van der Waals surface area contributed by atoms with Crippen LogP contribution in [0, 0.1) is 13.8 Å². The zero-order valence-electron chi connectivity index (χ0n) is 17.1. The highest BCUT2D eigenvalue weighted by molar-refractivity contribution is 6.22. The standard InChI is InChI=1S/C21H22N6O3/c1-4-5-8-26-19(29)15-7-6-14(10-16(15)20(26)30)18(28)22-11-17-24-25-21-23-12(2)9-13(3)27(17)21/h6-7,9-10H,4-5,8,11H2,1-3H3,(H,22,28). The van der Waals surface area contributed by atoms with E-state index >= 15 is 0 Å². The molecule has 1 N–H and O–H groups in total. The van der Waals surface area contributed by atoms with Crippen molar-refractivity contribution in [1.82, 2.24) is 29.8 Å². The van der Waals surface area contributed by atoms with Gasteiger partial charge in [-0.2, -0.15) is 0 Å². The molecule has 9 heteroatoms. The van der Waals surface area contributed by atoms with Crippen molar-refractivity contribution in [2.45, 2.75) is 40.2 Å². The summed E-state index contributed by atoms with van der Waals surface area (Å²) in [6.07, 6.45) is 1.63. The van der Waals surface area contributed by atoms with Crippen LogP contribution in [-0.2, 0) is 6.54 Å². The number of unbranched alkanes of at least 4 members (excludes halogenated alkanes) is 1. The Labute approximate surface area is 173 Å². The zero-order chi connectivity index (χ0) is 21.4. The van der Waals surface area contributed by atoms with E-state index in [2.05, 4.69) is 20.5 Å². The van der Waals surface area contributed by atoms with Gasteiger partial charge < -0.3 is 5.32 Å². The Morgan fingerprint density at radius 3 is 2.60 bits per heavy atom. The topological polar surface area (TPSA) is 110 Å². The van der Waals surface area contributed by atoms with Gasteiger partial charge in [-0.15, -0.1) is 10.2 Å². The maximum atomic E-state index is 12.7. The molecular weight excluding hydrogens is 384 g/mol. The first kappa shape index (κ1) is 19.7. The highest BCUT2D eigenvalue weighted by atomic mass is 16.2. The molecule has 0 aliphatic carbocycles. The van der Waals surface area contributed by atoms with Crippen LogP contribution in [-0.4, -0.2) is 48.7 Å². The fourth-order valence-corrected chi connectivity index (χ4v) is 3.62. The fourth-order valence-electron chi connectivity index (χ4n) is 3.62. The van der Waals surface area contributed by atoms with Crippen LogP contribution in [0.25, 0.3) is 5.78 Å². The number of benzene rings is 1. The van der Waals surface area contributed by atoms with E-state index in [-0.39, 0.29) is 29.8 Å². The van der Waals surface area contributed by atoms with Gasteiger partial charge in [0, 0.05) is 23.5 Å². The number of carbonyl (C=O) groups is 3. The van der Waals surface area contributed by atoms with Crippen LogP contribution >= 0.6 is 0 Å². The van der Waals surface area contributed by atoms with E-state index in [9.17, 15) is 14.4 Å². The van der Waals surface area contributed by atoms with Crippen LogP contribution in [0.15, 0.2) is 24.3 Å². The predicted octanol–water partition coefficient (Wildman–Crippen LogP) is 2.07. The second-order valence-corrected chi connectivity index (χ2v) is 7.35. The summed E-state index contributed by atoms with van der Waals surface area (Å²) in [7, 11) is 0. The molecule has 3 heterocycles. The average Bonchev–Trinajstić information content (AvgIpc) is 3.23. The molecule has 0 radical (unpaired) electrons. The first-order chi connectivity index (χ1) is 14.4. The SMILES string of the molecule is CCCCN1C(=O)c2ccc(C(=O)NCc3nnc4nc(C)cc(C)n34)cc2C1=O. The zero-order valence-corrected chi connectivity index (χ0v) is 17.1. The molecular formula is C21H22N6O3. The molecule has 0 bridgehead atoms. The smallest absolute Gasteiger partial charge is 0.261 e. The predicted molar refractivity (Wildman–Crippen MR) is 108 cm³/mol. The minimum atomic E-state index is -0.362. The van der Waals surface area contributed by atoms with E-state index in [0.29, 0.717) is 29.3 Å². The molecule has 0 atom stereocenters. The minimum Gasteiger partial charge on any atom is -0.345 e. The van der Waals surface area contributed by atoms with E-state index in [0.717, 1.165) is 24.2 Å². The molecule has 0 unspecified atom stereocenters. The molecule has 2 aromatic heterocycles. The number of fused-ring (bicyclic) bond motifs is 2. The summed E-state index contributed by atoms with van der Waals surface area (Å²) < 4.78 is 1.78. The number of rotatable bonds is 6. The Balaban J connectivity index is 1.52. The number of nitrogens with zero attached hydrogens (tertiary/aromatic N) is 5. The molecule has 154 valence electrons. The van der Waals surface area contributed by atoms with Gasteiger partial charge in [0.15, 0.2) is 5.82 Å². The molecule has 9 nitrogen and oxygen atoms in total. The second kappa shape index (κ2) is 7.66. The minimum absolute atomic E-state index is 0.151. The summed E-state index contributed by atoms with van der Waals surface area (Å²) >= 11 is 0. The lowest BCUT2D eigenvalue weighted by molar-refractivity contribution is 0.0652. The lowest BCUT2D eigenvalue weighted by atomic mass is 10.1. The Kier molecular flexibility index (Phi) is 5.03. The summed E-state index contributed by atoms with van der Waals surface area (Å²) in [6.45, 7) is 6.34. The molecule has 1 aromatic carbocycles. The van der Waals surface area contributed by atoms with Gasteiger partial charge in [-0.25, -0.2) is 4.98 Å². The van der Waals surface area contributed by atoms with Crippen LogP contribution < -0.4 is 5.32 Å². The molecule has 30 heavy (non-hydrogen) atoms. The largest absolute Gasteiger partial charge is 0.345 e. The molecule has 3 aromatic rings. The number of nitrogens with one attached hydrogen (secondary N) is 1. The van der Waals surface area contributed by atoms with Crippen molar-refractivity contribution in [3.05, 3.63) is 58.2 Å². The molecule has 1 aliphatic heterocycles. The van der Waals surface area contributed by atoms with E-state index in [1.807, 2.05) is 26.8 Å². The van der Waals surface area contributed by atoms with E-state index < -0.39 is 0 Å². The molecule has 4 rings (SSSR count). The van der Waals surface area contributed by atoms with Gasteiger partial charge in [0.25, 0.3) is 23.5 Å². The van der Waals surface area contributed by atoms with Crippen molar-refractivity contribution in [1.29, 1.82) is 0 Å². The molecule has 0 spiro atoms. The van der Waals surface area contributed by atoms with E-state index in [1.165, 1.54) is 11.0 Å². The lowest BCUT2D eigenvalue weighted by Gasteiger charge is -2.12. The van der Waals surface area contributed by atoms with Gasteiger partial charge in [-0.05, 0) is 44.5 Å². The third kappa shape index (κ3) is 3.32. The Bertz CT molecular complexity index is 1180. The number of amides is 3. The van der Waals surface area contributed by atoms with Crippen LogP contribution in [0.3, 0.4) is 0 Å². The van der Waals surface area contributed by atoms with Crippen LogP contribution in [0.2, 0.25) is 0 Å². The summed E-state index contributed by atoms with van der Waals surface area (Å²) in [5, 5.41) is 11.0. The second-order valence-electron chi connectivity index (χ2n) is 7.35. The maximum Gasteiger partial charge on any atom is 0.261 e. The number of imide groups is 1. The maximum absolute atomic E-state index is 12.7. The van der Waals surface area contributed by atoms with Crippen LogP contribution in [0.4, 0.5) is 0 Å². The quantitative estimate of drug-likeness (QED) is 0.628. The monoisotopic (exact) mass is 406 g/mol. The van der Waals surface area contributed by atoms with Gasteiger partial charge in [0.1, 0.15) is 0 Å². The third-order valence-corrected chi connectivity index (χ3v) is 5.14. The first-order valence-electron chi connectivity index (χ1n) is 9.87. The van der Waals surface area contributed by atoms with Crippen molar-refractivity contribution in [2.75, 3.05) is 6.54 Å². The molecule has 0 fully saturated rings. The summed E-state index contributed by atoms with van der Waals surface area (Å²) in [5.74, 6) is 0.0221. The average molecular weight is 406 g/mol. The number of aromatic nitrogens is 4. The van der Waals surface area contributed by atoms with Crippen LogP contribution in [0.1, 0.15) is 68.1 Å². The molecule has 1 aliphatic rings. The van der Waals surface area contributed by atoms with Crippen molar-refractivity contribution in [3.63, 3.8) is 0 Å². The van der Waals surface area contributed by atoms with Gasteiger partial charge >= 0.3 is 0 Å². The number of hydrogen-bond acceptors (Lipinski definition) is 6. The Morgan fingerprint density at radius 2 is 1.83 bits per heavy atom. The van der Waals surface area contributed by atoms with Crippen molar-refractivity contribution in [3.8, 4) is 0 Å². The first-order valence-corrected chi connectivity index (χ1v) is 9.87. The number of hydrogen-bond donors (Lipinski definition) is 1. The van der Waals surface area contributed by atoms with Crippen LogP contribution in [0.5, 0.6) is 0 Å². The summed E-state index contributed by atoms with van der Waals surface area (Å²) in [6, 6.07) is 6.49. The molecule has 0 saturated heterocycles. The number of aryl methyl sites for hydroxylation is 2. The fraction of sp³-hybridized carbons (Fsp3) is 0.333. The summed E-state index contributed by atoms with van der Waals surface area (Å²) in [5.41, 5.74) is 2.68. The Hall–Kier alpha value is -3.62. The summed E-state index contributed by atoms with van der Waals surface area (Å²) in [4.78, 5) is 43.3. The normalized spacial score (nSPS) is 13.2. The highest BCUT2D eigenvalue weighted by Gasteiger charge is 2.35. The van der Waals surface area contributed by atoms with Crippen molar-refractivity contribution in [2.24, 2.45) is 0 Å². The lowest BCUT2D eigenvalue weighted by Crippen LogP contribution is -2.30. The van der Waals surface area contributed by atoms with Crippen molar-refractivity contribution >= 4 is 23.5 Å². The molecule has 3 amide bonds. The van der Waals surface area contributed by atoms with Crippen molar-refractivity contribution < 1.29 is 14.4 Å². The van der Waals surface area contributed by atoms with Gasteiger partial charge in [0.2, 0.25) is 0 Å². The third-order valence-electron chi connectivity index (χ3n) is 5.14.